The molecule has 0 radical (unpaired) electrons. The molecule has 4 aromatic heterocycles. The molecule has 0 spiro atoms. The predicted octanol–water partition coefficient (Wildman–Crippen LogP) is 5.24. The number of hydrogen-bond donors (Lipinski definition) is 3. The molecule has 2 aliphatic heterocycles. The topological polar surface area (TPSA) is 106 Å². The molecular formula is C33H34FN9S. The first-order valence-electron chi connectivity index (χ1n) is 15.2. The first kappa shape index (κ1) is 28.4. The standard InChI is InChI=1S/C33H34FN9S/c1-2-27-28(19-38-33-41-32(29(15-35)44-33)21-3-7-24(34)8-4-21)43-20-23(6-10-31(43)40-27)22-5-9-30(37-16-22)42-13-11-25(12-14-42)39-26-17-36-18-26/h3-10,16,20,25-26,36,39H,2,11-14,17-19H2,1H3,(H,38,41). The molecule has 6 heterocycles. The Morgan fingerprint density at radius 3 is 2.45 bits per heavy atom. The summed E-state index contributed by atoms with van der Waals surface area (Å²) in [5.74, 6) is 0.705. The van der Waals surface area contributed by atoms with Gasteiger partial charge in [0.25, 0.3) is 0 Å². The Morgan fingerprint density at radius 2 is 1.77 bits per heavy atom. The van der Waals surface area contributed by atoms with Crippen LogP contribution in [0.2, 0.25) is 0 Å². The first-order chi connectivity index (χ1) is 21.6. The summed E-state index contributed by atoms with van der Waals surface area (Å²) in [7, 11) is 0. The van der Waals surface area contributed by atoms with Crippen LogP contribution in [0.25, 0.3) is 28.0 Å². The van der Waals surface area contributed by atoms with Crippen molar-refractivity contribution in [3.05, 3.63) is 83.0 Å². The van der Waals surface area contributed by atoms with Crippen molar-refractivity contribution in [1.29, 1.82) is 5.26 Å². The van der Waals surface area contributed by atoms with Crippen molar-refractivity contribution < 1.29 is 4.39 Å². The second-order valence-electron chi connectivity index (χ2n) is 11.4. The molecule has 1 aromatic carbocycles. The summed E-state index contributed by atoms with van der Waals surface area (Å²) >= 11 is 1.29. The number of nitrogens with zero attached hydrogens (tertiary/aromatic N) is 6. The zero-order chi connectivity index (χ0) is 30.0. The van der Waals surface area contributed by atoms with Gasteiger partial charge in [0.1, 0.15) is 33.9 Å². The number of aryl methyl sites for hydroxylation is 1. The van der Waals surface area contributed by atoms with Gasteiger partial charge in [0.2, 0.25) is 0 Å². The van der Waals surface area contributed by atoms with Gasteiger partial charge in [0.05, 0.1) is 17.9 Å². The Balaban J connectivity index is 1.07. The summed E-state index contributed by atoms with van der Waals surface area (Å²) in [6.07, 6.45) is 7.15. The van der Waals surface area contributed by atoms with Crippen LogP contribution in [0.15, 0.2) is 60.9 Å². The van der Waals surface area contributed by atoms with E-state index in [1.165, 1.54) is 23.5 Å². The van der Waals surface area contributed by atoms with Crippen LogP contribution in [-0.2, 0) is 13.0 Å². The molecule has 0 aliphatic carbocycles. The number of thiazole rings is 1. The van der Waals surface area contributed by atoms with Crippen molar-refractivity contribution in [1.82, 2.24) is 30.0 Å². The van der Waals surface area contributed by atoms with E-state index in [9.17, 15) is 9.65 Å². The maximum atomic E-state index is 13.4. The van der Waals surface area contributed by atoms with Gasteiger partial charge in [-0.05, 0) is 67.8 Å². The highest BCUT2D eigenvalue weighted by Crippen LogP contribution is 2.31. The van der Waals surface area contributed by atoms with Crippen molar-refractivity contribution in [3.8, 4) is 28.5 Å². The van der Waals surface area contributed by atoms with E-state index in [1.807, 2.05) is 12.3 Å². The smallest absolute Gasteiger partial charge is 0.184 e. The van der Waals surface area contributed by atoms with Gasteiger partial charge in [0.15, 0.2) is 5.13 Å². The second-order valence-corrected chi connectivity index (χ2v) is 12.4. The number of piperidine rings is 1. The van der Waals surface area contributed by atoms with Crippen LogP contribution in [0, 0.1) is 17.1 Å². The Hall–Kier alpha value is -4.37. The van der Waals surface area contributed by atoms with E-state index < -0.39 is 0 Å². The fourth-order valence-corrected chi connectivity index (χ4v) is 6.76. The van der Waals surface area contributed by atoms with Crippen molar-refractivity contribution >= 4 is 27.9 Å². The minimum Gasteiger partial charge on any atom is -0.357 e. The Kier molecular flexibility index (Phi) is 7.95. The molecule has 2 aliphatic rings. The minimum atomic E-state index is -0.322. The number of nitrogens with one attached hydrogen (secondary N) is 3. The van der Waals surface area contributed by atoms with Crippen LogP contribution >= 0.6 is 11.3 Å². The van der Waals surface area contributed by atoms with Crippen LogP contribution in [0.1, 0.15) is 36.0 Å². The number of rotatable bonds is 9. The van der Waals surface area contributed by atoms with E-state index in [0.717, 1.165) is 79.4 Å². The van der Waals surface area contributed by atoms with E-state index in [1.54, 1.807) is 12.1 Å². The first-order valence-corrected chi connectivity index (χ1v) is 16.0. The van der Waals surface area contributed by atoms with E-state index in [4.69, 9.17) is 9.97 Å². The third kappa shape index (κ3) is 5.76. The number of hydrogen-bond acceptors (Lipinski definition) is 9. The van der Waals surface area contributed by atoms with Crippen LogP contribution in [0.5, 0.6) is 0 Å². The van der Waals surface area contributed by atoms with E-state index in [0.29, 0.717) is 39.9 Å². The quantitative estimate of drug-likeness (QED) is 0.209. The molecule has 224 valence electrons. The van der Waals surface area contributed by atoms with Gasteiger partial charge in [0, 0.05) is 67.3 Å². The average Bonchev–Trinajstić information content (AvgIpc) is 3.63. The molecule has 2 fully saturated rings. The molecule has 0 saturated carbocycles. The van der Waals surface area contributed by atoms with Crippen molar-refractivity contribution in [2.45, 2.75) is 44.8 Å². The van der Waals surface area contributed by atoms with Crippen LogP contribution in [-0.4, -0.2) is 57.6 Å². The normalized spacial score (nSPS) is 15.8. The van der Waals surface area contributed by atoms with E-state index in [2.05, 4.69) is 67.6 Å². The molecule has 2 saturated heterocycles. The lowest BCUT2D eigenvalue weighted by atomic mass is 10.0. The Morgan fingerprint density at radius 1 is 1.00 bits per heavy atom. The van der Waals surface area contributed by atoms with Gasteiger partial charge in [-0.2, -0.15) is 5.26 Å². The van der Waals surface area contributed by atoms with E-state index >= 15 is 0 Å². The maximum absolute atomic E-state index is 13.4. The molecule has 3 N–H and O–H groups in total. The van der Waals surface area contributed by atoms with Gasteiger partial charge in [-0.25, -0.2) is 19.3 Å². The summed E-state index contributed by atoms with van der Waals surface area (Å²) in [5.41, 5.74) is 6.31. The SMILES string of the molecule is CCc1nc2ccc(-c3ccc(N4CCC(NC5CNC5)CC4)nc3)cn2c1CNc1nc(-c2ccc(F)cc2)c(C#N)s1. The summed E-state index contributed by atoms with van der Waals surface area (Å²) in [6, 6.07) is 17.9. The molecule has 0 bridgehead atoms. The molecule has 0 amide bonds. The predicted molar refractivity (Wildman–Crippen MR) is 172 cm³/mol. The highest BCUT2D eigenvalue weighted by Gasteiger charge is 2.25. The van der Waals surface area contributed by atoms with Gasteiger partial charge in [-0.1, -0.05) is 18.3 Å². The largest absolute Gasteiger partial charge is 0.357 e. The summed E-state index contributed by atoms with van der Waals surface area (Å²) in [6.45, 7) is 6.79. The number of anilines is 2. The lowest BCUT2D eigenvalue weighted by Crippen LogP contribution is -2.59. The molecular weight excluding hydrogens is 573 g/mol. The van der Waals surface area contributed by atoms with Gasteiger partial charge < -0.3 is 25.3 Å². The van der Waals surface area contributed by atoms with E-state index in [-0.39, 0.29) is 5.82 Å². The van der Waals surface area contributed by atoms with Gasteiger partial charge in [-0.3, -0.25) is 0 Å². The zero-order valence-corrected chi connectivity index (χ0v) is 25.4. The molecule has 5 aromatic rings. The van der Waals surface area contributed by atoms with Crippen LogP contribution in [0.4, 0.5) is 15.3 Å². The van der Waals surface area contributed by atoms with Crippen molar-refractivity contribution in [3.63, 3.8) is 0 Å². The highest BCUT2D eigenvalue weighted by molar-refractivity contribution is 7.16. The molecule has 9 nitrogen and oxygen atoms in total. The summed E-state index contributed by atoms with van der Waals surface area (Å²) in [5, 5.41) is 20.8. The molecule has 0 unspecified atom stereocenters. The number of imidazole rings is 1. The third-order valence-corrected chi connectivity index (χ3v) is 9.46. The van der Waals surface area contributed by atoms with Crippen LogP contribution < -0.4 is 20.9 Å². The van der Waals surface area contributed by atoms with Gasteiger partial charge >= 0.3 is 0 Å². The number of aromatic nitrogens is 4. The van der Waals surface area contributed by atoms with Crippen molar-refractivity contribution in [2.24, 2.45) is 0 Å². The second kappa shape index (κ2) is 12.3. The fourth-order valence-electron chi connectivity index (χ4n) is 5.98. The monoisotopic (exact) mass is 607 g/mol. The van der Waals surface area contributed by atoms with Crippen LogP contribution in [0.3, 0.4) is 0 Å². The molecule has 7 rings (SSSR count). The Labute approximate surface area is 259 Å². The molecule has 11 heteroatoms. The van der Waals surface area contributed by atoms with Crippen molar-refractivity contribution in [2.75, 3.05) is 36.4 Å². The molecule has 0 atom stereocenters. The summed E-state index contributed by atoms with van der Waals surface area (Å²) < 4.78 is 15.6. The minimum absolute atomic E-state index is 0.322. The lowest BCUT2D eigenvalue weighted by molar-refractivity contribution is 0.299. The zero-order valence-electron chi connectivity index (χ0n) is 24.6. The average molecular weight is 608 g/mol. The maximum Gasteiger partial charge on any atom is 0.184 e. The number of benzene rings is 1. The number of pyridine rings is 2. The summed E-state index contributed by atoms with van der Waals surface area (Å²) in [4.78, 5) is 17.2. The third-order valence-electron chi connectivity index (χ3n) is 8.54. The van der Waals surface area contributed by atoms with Gasteiger partial charge in [-0.15, -0.1) is 0 Å². The number of nitriles is 1. The highest BCUT2D eigenvalue weighted by atomic mass is 32.1. The number of halogens is 1. The Bertz CT molecular complexity index is 1790. The number of fused-ring (bicyclic) bond motifs is 1. The fraction of sp³-hybridized carbons (Fsp3) is 0.333. The molecule has 44 heavy (non-hydrogen) atoms. The lowest BCUT2D eigenvalue weighted by Gasteiger charge is -2.38.